The Labute approximate surface area is 129 Å². The SMILES string of the molecule is CCCN(CC(N)=S)C(=O)C(C)Oc1cccc(Cl)c1. The van der Waals surface area contributed by atoms with Crippen molar-refractivity contribution in [2.75, 3.05) is 13.1 Å². The van der Waals surface area contributed by atoms with Crippen LogP contribution in [-0.2, 0) is 4.79 Å². The summed E-state index contributed by atoms with van der Waals surface area (Å²) in [5, 5.41) is 0.565. The zero-order chi connectivity index (χ0) is 15.1. The van der Waals surface area contributed by atoms with Crippen LogP contribution in [0.25, 0.3) is 0 Å². The summed E-state index contributed by atoms with van der Waals surface area (Å²) in [5.41, 5.74) is 5.51. The molecule has 6 heteroatoms. The lowest BCUT2D eigenvalue weighted by molar-refractivity contribution is -0.137. The number of rotatable bonds is 7. The average Bonchev–Trinajstić information content (AvgIpc) is 2.36. The van der Waals surface area contributed by atoms with Gasteiger partial charge in [-0.1, -0.05) is 36.8 Å². The first kappa shape index (κ1) is 16.7. The fraction of sp³-hybridized carbons (Fsp3) is 0.429. The molecule has 0 fully saturated rings. The van der Waals surface area contributed by atoms with Crippen LogP contribution in [0.1, 0.15) is 20.3 Å². The molecule has 2 N–H and O–H groups in total. The molecule has 0 spiro atoms. The normalized spacial score (nSPS) is 11.8. The van der Waals surface area contributed by atoms with Crippen molar-refractivity contribution in [3.8, 4) is 5.75 Å². The zero-order valence-electron chi connectivity index (χ0n) is 11.6. The molecule has 4 nitrogen and oxygen atoms in total. The van der Waals surface area contributed by atoms with Gasteiger partial charge in [0.1, 0.15) is 5.75 Å². The highest BCUT2D eigenvalue weighted by Gasteiger charge is 2.22. The molecule has 0 bridgehead atoms. The molecular formula is C14H19ClN2O2S. The second kappa shape index (κ2) is 8.07. The molecule has 0 aliphatic rings. The minimum atomic E-state index is -0.616. The number of nitrogens with zero attached hydrogens (tertiary/aromatic N) is 1. The van der Waals surface area contributed by atoms with Gasteiger partial charge in [0.15, 0.2) is 6.10 Å². The maximum atomic E-state index is 12.3. The highest BCUT2D eigenvalue weighted by Crippen LogP contribution is 2.18. The lowest BCUT2D eigenvalue weighted by Crippen LogP contribution is -2.44. The monoisotopic (exact) mass is 314 g/mol. The van der Waals surface area contributed by atoms with E-state index in [4.69, 9.17) is 34.3 Å². The molecule has 1 unspecified atom stereocenters. The molecule has 0 saturated heterocycles. The number of amides is 1. The number of nitrogens with two attached hydrogens (primary N) is 1. The van der Waals surface area contributed by atoms with Crippen LogP contribution < -0.4 is 10.5 Å². The Balaban J connectivity index is 2.70. The van der Waals surface area contributed by atoms with E-state index in [2.05, 4.69) is 0 Å². The molecule has 0 aliphatic carbocycles. The number of ether oxygens (including phenoxy) is 1. The summed E-state index contributed by atoms with van der Waals surface area (Å²) in [4.78, 5) is 14.2. The molecule has 1 amide bonds. The van der Waals surface area contributed by atoms with E-state index in [-0.39, 0.29) is 12.5 Å². The van der Waals surface area contributed by atoms with Gasteiger partial charge in [0.05, 0.1) is 11.5 Å². The smallest absolute Gasteiger partial charge is 0.263 e. The van der Waals surface area contributed by atoms with Gasteiger partial charge >= 0.3 is 0 Å². The fourth-order valence-electron chi connectivity index (χ4n) is 1.78. The van der Waals surface area contributed by atoms with E-state index in [0.717, 1.165) is 6.42 Å². The molecule has 0 radical (unpaired) electrons. The zero-order valence-corrected chi connectivity index (χ0v) is 13.2. The van der Waals surface area contributed by atoms with Crippen molar-refractivity contribution in [2.45, 2.75) is 26.4 Å². The Morgan fingerprint density at radius 3 is 2.80 bits per heavy atom. The Morgan fingerprint density at radius 1 is 1.55 bits per heavy atom. The van der Waals surface area contributed by atoms with E-state index in [1.807, 2.05) is 6.92 Å². The number of hydrogen-bond acceptors (Lipinski definition) is 3. The molecule has 1 aromatic rings. The van der Waals surface area contributed by atoms with Crippen molar-refractivity contribution in [2.24, 2.45) is 5.73 Å². The van der Waals surface area contributed by atoms with E-state index < -0.39 is 6.10 Å². The lowest BCUT2D eigenvalue weighted by Gasteiger charge is -2.25. The Bertz CT molecular complexity index is 482. The van der Waals surface area contributed by atoms with Gasteiger partial charge in [0.2, 0.25) is 0 Å². The molecule has 0 aliphatic heterocycles. The van der Waals surface area contributed by atoms with Crippen LogP contribution in [0.4, 0.5) is 0 Å². The van der Waals surface area contributed by atoms with E-state index in [1.54, 1.807) is 36.1 Å². The maximum Gasteiger partial charge on any atom is 0.263 e. The van der Waals surface area contributed by atoms with Gasteiger partial charge in [0.25, 0.3) is 5.91 Å². The number of hydrogen-bond donors (Lipinski definition) is 1. The van der Waals surface area contributed by atoms with Gasteiger partial charge in [-0.25, -0.2) is 0 Å². The van der Waals surface area contributed by atoms with Crippen LogP contribution >= 0.6 is 23.8 Å². The maximum absolute atomic E-state index is 12.3. The minimum Gasteiger partial charge on any atom is -0.481 e. The number of carbonyl (C=O) groups excluding carboxylic acids is 1. The second-order valence-corrected chi connectivity index (χ2v) is 5.40. The van der Waals surface area contributed by atoms with Crippen molar-refractivity contribution in [3.05, 3.63) is 29.3 Å². The van der Waals surface area contributed by atoms with Gasteiger partial charge in [-0.2, -0.15) is 0 Å². The first-order valence-electron chi connectivity index (χ1n) is 6.43. The van der Waals surface area contributed by atoms with Crippen LogP contribution in [-0.4, -0.2) is 35.0 Å². The molecular weight excluding hydrogens is 296 g/mol. The highest BCUT2D eigenvalue weighted by atomic mass is 35.5. The van der Waals surface area contributed by atoms with Gasteiger partial charge in [-0.05, 0) is 31.5 Å². The van der Waals surface area contributed by atoms with Crippen molar-refractivity contribution >= 4 is 34.7 Å². The number of halogens is 1. The predicted molar refractivity (Wildman–Crippen MR) is 85.2 cm³/mol. The highest BCUT2D eigenvalue weighted by molar-refractivity contribution is 7.80. The molecule has 110 valence electrons. The summed E-state index contributed by atoms with van der Waals surface area (Å²) in [6.45, 7) is 4.55. The van der Waals surface area contributed by atoms with Gasteiger partial charge in [-0.3, -0.25) is 4.79 Å². The number of thiocarbonyl (C=S) groups is 1. The van der Waals surface area contributed by atoms with E-state index >= 15 is 0 Å². The van der Waals surface area contributed by atoms with Crippen LogP contribution in [0, 0.1) is 0 Å². The molecule has 1 rings (SSSR count). The van der Waals surface area contributed by atoms with E-state index in [0.29, 0.717) is 22.3 Å². The first-order chi connectivity index (χ1) is 9.43. The van der Waals surface area contributed by atoms with E-state index in [9.17, 15) is 4.79 Å². The van der Waals surface area contributed by atoms with Crippen molar-refractivity contribution in [3.63, 3.8) is 0 Å². The van der Waals surface area contributed by atoms with Crippen molar-refractivity contribution in [1.29, 1.82) is 0 Å². The standard InChI is InChI=1S/C14H19ClN2O2S/c1-3-7-17(9-13(16)20)14(18)10(2)19-12-6-4-5-11(15)8-12/h4-6,8,10H,3,7,9H2,1-2H3,(H2,16,20). The molecule has 20 heavy (non-hydrogen) atoms. The summed E-state index contributed by atoms with van der Waals surface area (Å²) in [5.74, 6) is 0.421. The van der Waals surface area contributed by atoms with Gasteiger partial charge in [-0.15, -0.1) is 0 Å². The number of benzene rings is 1. The average molecular weight is 315 g/mol. The van der Waals surface area contributed by atoms with Crippen LogP contribution in [0.2, 0.25) is 5.02 Å². The topological polar surface area (TPSA) is 55.6 Å². The first-order valence-corrected chi connectivity index (χ1v) is 7.22. The predicted octanol–water partition coefficient (Wildman–Crippen LogP) is 2.63. The Hall–Kier alpha value is -1.33. The summed E-state index contributed by atoms with van der Waals surface area (Å²) >= 11 is 10.7. The summed E-state index contributed by atoms with van der Waals surface area (Å²) in [7, 11) is 0. The van der Waals surface area contributed by atoms with Crippen molar-refractivity contribution in [1.82, 2.24) is 4.90 Å². The summed E-state index contributed by atoms with van der Waals surface area (Å²) in [6, 6.07) is 6.95. The lowest BCUT2D eigenvalue weighted by atomic mass is 10.3. The van der Waals surface area contributed by atoms with Gasteiger partial charge in [0, 0.05) is 11.6 Å². The molecule has 1 atom stereocenters. The molecule has 1 aromatic carbocycles. The summed E-state index contributed by atoms with van der Waals surface area (Å²) < 4.78 is 5.61. The van der Waals surface area contributed by atoms with Crippen molar-refractivity contribution < 1.29 is 9.53 Å². The largest absolute Gasteiger partial charge is 0.481 e. The van der Waals surface area contributed by atoms with Gasteiger partial charge < -0.3 is 15.4 Å². The third-order valence-corrected chi connectivity index (χ3v) is 2.97. The Morgan fingerprint density at radius 2 is 2.25 bits per heavy atom. The minimum absolute atomic E-state index is 0.139. The quantitative estimate of drug-likeness (QED) is 0.786. The summed E-state index contributed by atoms with van der Waals surface area (Å²) in [6.07, 6.45) is 0.215. The van der Waals surface area contributed by atoms with Crippen LogP contribution in [0.15, 0.2) is 24.3 Å². The second-order valence-electron chi connectivity index (χ2n) is 4.44. The third kappa shape index (κ3) is 5.35. The fourth-order valence-corrected chi connectivity index (χ4v) is 2.11. The van der Waals surface area contributed by atoms with E-state index in [1.165, 1.54) is 0 Å². The van der Waals surface area contributed by atoms with Crippen LogP contribution in [0.3, 0.4) is 0 Å². The number of carbonyl (C=O) groups is 1. The molecule has 0 aromatic heterocycles. The van der Waals surface area contributed by atoms with Crippen LogP contribution in [0.5, 0.6) is 5.75 Å². The molecule has 0 saturated carbocycles. The third-order valence-electron chi connectivity index (χ3n) is 2.61. The Kier molecular flexibility index (Phi) is 6.75. The molecule has 0 heterocycles.